The minimum absolute atomic E-state index is 0.0417. The molecule has 0 heterocycles. The summed E-state index contributed by atoms with van der Waals surface area (Å²) in [5.74, 6) is -0.567. The van der Waals surface area contributed by atoms with Crippen LogP contribution in [0.1, 0.15) is 34.0 Å². The number of carbonyl (C=O) groups excluding carboxylic acids is 1. The van der Waals surface area contributed by atoms with Crippen molar-refractivity contribution >= 4 is 15.9 Å². The summed E-state index contributed by atoms with van der Waals surface area (Å²) >= 11 is 0. The van der Waals surface area contributed by atoms with E-state index in [4.69, 9.17) is 0 Å². The van der Waals surface area contributed by atoms with Crippen LogP contribution in [0.4, 0.5) is 13.2 Å². The first-order chi connectivity index (χ1) is 13.0. The summed E-state index contributed by atoms with van der Waals surface area (Å²) < 4.78 is 66.2. The highest BCUT2D eigenvalue weighted by atomic mass is 32.2. The van der Waals surface area contributed by atoms with Gasteiger partial charge in [-0.2, -0.15) is 13.2 Å². The Labute approximate surface area is 162 Å². The van der Waals surface area contributed by atoms with Crippen LogP contribution < -0.4 is 4.72 Å². The van der Waals surface area contributed by atoms with Crippen LogP contribution in [0.5, 0.6) is 0 Å². The zero-order chi connectivity index (χ0) is 21.1. The van der Waals surface area contributed by atoms with Gasteiger partial charge in [0.15, 0.2) is 0 Å². The topological polar surface area (TPSA) is 66.5 Å². The van der Waals surface area contributed by atoms with Crippen LogP contribution in [0.15, 0.2) is 47.4 Å². The molecule has 1 N–H and O–H groups in total. The highest BCUT2D eigenvalue weighted by Gasteiger charge is 2.33. The van der Waals surface area contributed by atoms with Gasteiger partial charge in [0, 0.05) is 25.7 Å². The molecule has 0 aliphatic carbocycles. The Hall–Kier alpha value is -2.39. The molecule has 28 heavy (non-hydrogen) atoms. The highest BCUT2D eigenvalue weighted by molar-refractivity contribution is 7.89. The second kappa shape index (κ2) is 8.32. The smallest absolute Gasteiger partial charge is 0.337 e. The Kier molecular flexibility index (Phi) is 6.51. The quantitative estimate of drug-likeness (QED) is 0.786. The van der Waals surface area contributed by atoms with E-state index in [1.165, 1.54) is 43.4 Å². The monoisotopic (exact) mass is 414 g/mol. The molecule has 0 fully saturated rings. The lowest BCUT2D eigenvalue weighted by molar-refractivity contribution is -0.138. The molecule has 9 heteroatoms. The van der Waals surface area contributed by atoms with Gasteiger partial charge in [0.2, 0.25) is 10.0 Å². The lowest BCUT2D eigenvalue weighted by Crippen LogP contribution is -2.29. The molecule has 0 unspecified atom stereocenters. The number of halogens is 3. The maximum atomic E-state index is 13.2. The summed E-state index contributed by atoms with van der Waals surface area (Å²) in [6, 6.07) is 9.14. The van der Waals surface area contributed by atoms with Gasteiger partial charge in [-0.15, -0.1) is 0 Å². The number of carbonyl (C=O) groups is 1. The number of alkyl halides is 3. The number of aryl methyl sites for hydroxylation is 1. The van der Waals surface area contributed by atoms with Gasteiger partial charge in [0.1, 0.15) is 0 Å². The van der Waals surface area contributed by atoms with E-state index in [1.54, 1.807) is 13.8 Å². The molecule has 0 radical (unpaired) electrons. The SMILES string of the molecule is CCNS(=O)(=O)c1ccc(C)c(C(=O)N(C)Cc2ccccc2C(F)(F)F)c1. The number of nitrogens with zero attached hydrogens (tertiary/aromatic N) is 1. The third kappa shape index (κ3) is 4.90. The fraction of sp³-hybridized carbons (Fsp3) is 0.316. The number of nitrogens with one attached hydrogen (secondary N) is 1. The zero-order valence-electron chi connectivity index (χ0n) is 15.7. The minimum atomic E-state index is -4.53. The number of rotatable bonds is 6. The predicted molar refractivity (Wildman–Crippen MR) is 99.3 cm³/mol. The number of hydrogen-bond donors (Lipinski definition) is 1. The highest BCUT2D eigenvalue weighted by Crippen LogP contribution is 2.32. The van der Waals surface area contributed by atoms with Crippen molar-refractivity contribution in [2.24, 2.45) is 0 Å². The number of sulfonamides is 1. The molecule has 2 rings (SSSR count). The fourth-order valence-corrected chi connectivity index (χ4v) is 3.81. The summed E-state index contributed by atoms with van der Waals surface area (Å²) in [7, 11) is -2.39. The van der Waals surface area contributed by atoms with E-state index in [2.05, 4.69) is 4.72 Å². The summed E-state index contributed by atoms with van der Waals surface area (Å²) in [5.41, 5.74) is -0.211. The van der Waals surface area contributed by atoms with Gasteiger partial charge in [-0.1, -0.05) is 31.2 Å². The lowest BCUT2D eigenvalue weighted by Gasteiger charge is -2.21. The standard InChI is InChI=1S/C19H21F3N2O3S/c1-4-23-28(26,27)15-10-9-13(2)16(11-15)18(25)24(3)12-14-7-5-6-8-17(14)19(20,21)22/h5-11,23H,4,12H2,1-3H3. The number of hydrogen-bond acceptors (Lipinski definition) is 3. The van der Waals surface area contributed by atoms with Crippen molar-refractivity contribution in [3.63, 3.8) is 0 Å². The minimum Gasteiger partial charge on any atom is -0.337 e. The Bertz CT molecular complexity index is 973. The second-order valence-corrected chi connectivity index (χ2v) is 8.06. The van der Waals surface area contributed by atoms with E-state index in [0.717, 1.165) is 11.0 Å². The fourth-order valence-electron chi connectivity index (χ4n) is 2.74. The van der Waals surface area contributed by atoms with Crippen molar-refractivity contribution in [1.29, 1.82) is 0 Å². The van der Waals surface area contributed by atoms with Crippen LogP contribution in [0, 0.1) is 6.92 Å². The summed E-state index contributed by atoms with van der Waals surface area (Å²) in [6.07, 6.45) is -4.53. The maximum absolute atomic E-state index is 13.2. The summed E-state index contributed by atoms with van der Waals surface area (Å²) in [4.78, 5) is 13.9. The van der Waals surface area contributed by atoms with E-state index >= 15 is 0 Å². The predicted octanol–water partition coefficient (Wildman–Crippen LogP) is 3.58. The molecule has 2 aromatic rings. The molecule has 0 saturated carbocycles. The van der Waals surface area contributed by atoms with Gasteiger partial charge < -0.3 is 4.90 Å². The average Bonchev–Trinajstić information content (AvgIpc) is 2.60. The third-order valence-corrected chi connectivity index (χ3v) is 5.70. The maximum Gasteiger partial charge on any atom is 0.416 e. The van der Waals surface area contributed by atoms with Crippen LogP contribution in [0.25, 0.3) is 0 Å². The Balaban J connectivity index is 2.35. The van der Waals surface area contributed by atoms with E-state index in [0.29, 0.717) is 5.56 Å². The van der Waals surface area contributed by atoms with Crippen molar-refractivity contribution in [2.45, 2.75) is 31.5 Å². The lowest BCUT2D eigenvalue weighted by atomic mass is 10.0. The van der Waals surface area contributed by atoms with Crippen molar-refractivity contribution < 1.29 is 26.4 Å². The third-order valence-electron chi connectivity index (χ3n) is 4.16. The number of benzene rings is 2. The molecule has 0 spiro atoms. The Morgan fingerprint density at radius 3 is 2.39 bits per heavy atom. The number of amides is 1. The molecule has 5 nitrogen and oxygen atoms in total. The molecular weight excluding hydrogens is 393 g/mol. The molecular formula is C19H21F3N2O3S. The first-order valence-corrected chi connectivity index (χ1v) is 9.96. The Morgan fingerprint density at radius 2 is 1.79 bits per heavy atom. The second-order valence-electron chi connectivity index (χ2n) is 6.29. The molecule has 2 aromatic carbocycles. The first-order valence-electron chi connectivity index (χ1n) is 8.48. The van der Waals surface area contributed by atoms with E-state index in [1.807, 2.05) is 0 Å². The molecule has 0 aliphatic heterocycles. The van der Waals surface area contributed by atoms with Crippen molar-refractivity contribution in [3.8, 4) is 0 Å². The van der Waals surface area contributed by atoms with E-state index in [-0.39, 0.29) is 29.1 Å². The molecule has 0 aromatic heterocycles. The van der Waals surface area contributed by atoms with Crippen LogP contribution in [0.2, 0.25) is 0 Å². The van der Waals surface area contributed by atoms with Gasteiger partial charge in [-0.05, 0) is 36.2 Å². The Morgan fingerprint density at radius 1 is 1.14 bits per heavy atom. The van der Waals surface area contributed by atoms with E-state index in [9.17, 15) is 26.4 Å². The van der Waals surface area contributed by atoms with Gasteiger partial charge in [-0.25, -0.2) is 13.1 Å². The van der Waals surface area contributed by atoms with Gasteiger partial charge in [0.05, 0.1) is 10.5 Å². The molecule has 0 saturated heterocycles. The molecule has 0 atom stereocenters. The van der Waals surface area contributed by atoms with Crippen LogP contribution in [-0.2, 0) is 22.7 Å². The van der Waals surface area contributed by atoms with Crippen molar-refractivity contribution in [2.75, 3.05) is 13.6 Å². The molecule has 152 valence electrons. The average molecular weight is 414 g/mol. The van der Waals surface area contributed by atoms with Crippen molar-refractivity contribution in [3.05, 3.63) is 64.7 Å². The van der Waals surface area contributed by atoms with Gasteiger partial charge >= 0.3 is 6.18 Å². The molecule has 0 aliphatic rings. The van der Waals surface area contributed by atoms with Crippen LogP contribution >= 0.6 is 0 Å². The van der Waals surface area contributed by atoms with E-state index < -0.39 is 27.7 Å². The zero-order valence-corrected chi connectivity index (χ0v) is 16.5. The normalized spacial score (nSPS) is 12.1. The largest absolute Gasteiger partial charge is 0.416 e. The molecule has 1 amide bonds. The van der Waals surface area contributed by atoms with Crippen LogP contribution in [0.3, 0.4) is 0 Å². The van der Waals surface area contributed by atoms with Crippen molar-refractivity contribution in [1.82, 2.24) is 9.62 Å². The van der Waals surface area contributed by atoms with Gasteiger partial charge in [0.25, 0.3) is 5.91 Å². The first kappa shape index (κ1) is 21.9. The summed E-state index contributed by atoms with van der Waals surface area (Å²) in [5, 5.41) is 0. The molecule has 0 bridgehead atoms. The van der Waals surface area contributed by atoms with Gasteiger partial charge in [-0.3, -0.25) is 4.79 Å². The van der Waals surface area contributed by atoms with Crippen LogP contribution in [-0.4, -0.2) is 32.8 Å². The summed E-state index contributed by atoms with van der Waals surface area (Å²) in [6.45, 7) is 3.18.